The molecule has 8 heteroatoms. The number of carbonyl (C=O) groups excluding carboxylic acids is 1. The van der Waals surface area contributed by atoms with Crippen molar-refractivity contribution in [3.05, 3.63) is 22.2 Å². The van der Waals surface area contributed by atoms with Crippen molar-refractivity contribution in [2.45, 2.75) is 20.3 Å². The number of nitro groups is 1. The van der Waals surface area contributed by atoms with Crippen LogP contribution in [0.2, 0.25) is 0 Å². The summed E-state index contributed by atoms with van der Waals surface area (Å²) in [7, 11) is 1.68. The molecule has 0 bridgehead atoms. The average molecular weight is 295 g/mol. The molecule has 0 aliphatic rings. The summed E-state index contributed by atoms with van der Waals surface area (Å²) in [4.78, 5) is 28.1. The minimum absolute atomic E-state index is 0.0138. The summed E-state index contributed by atoms with van der Waals surface area (Å²) in [5.74, 6) is 0.706. The molecule has 1 aromatic rings. The van der Waals surface area contributed by atoms with Gasteiger partial charge in [0.25, 0.3) is 0 Å². The number of anilines is 2. The van der Waals surface area contributed by atoms with E-state index in [1.807, 2.05) is 13.8 Å². The molecule has 21 heavy (non-hydrogen) atoms. The maximum Gasteiger partial charge on any atom is 0.311 e. The first-order chi connectivity index (χ1) is 10.0. The zero-order chi connectivity index (χ0) is 15.8. The van der Waals surface area contributed by atoms with Gasteiger partial charge in [-0.05, 0) is 19.9 Å². The summed E-state index contributed by atoms with van der Waals surface area (Å²) < 4.78 is 0. The van der Waals surface area contributed by atoms with Crippen molar-refractivity contribution in [3.63, 3.8) is 0 Å². The molecule has 2 N–H and O–H groups in total. The Labute approximate surface area is 123 Å². The number of hydrogen-bond acceptors (Lipinski definition) is 6. The summed E-state index contributed by atoms with van der Waals surface area (Å²) in [6.45, 7) is 5.44. The first-order valence-electron chi connectivity index (χ1n) is 6.88. The third kappa shape index (κ3) is 4.59. The van der Waals surface area contributed by atoms with Crippen LogP contribution in [-0.2, 0) is 4.79 Å². The molecule has 0 radical (unpaired) electrons. The highest BCUT2D eigenvalue weighted by Gasteiger charge is 2.16. The van der Waals surface area contributed by atoms with E-state index >= 15 is 0 Å². The Kier molecular flexibility index (Phi) is 6.38. The molecule has 1 heterocycles. The van der Waals surface area contributed by atoms with Crippen molar-refractivity contribution in [3.8, 4) is 0 Å². The molecule has 0 aliphatic heterocycles. The van der Waals surface area contributed by atoms with Crippen LogP contribution in [0.3, 0.4) is 0 Å². The van der Waals surface area contributed by atoms with Gasteiger partial charge in [-0.3, -0.25) is 14.9 Å². The van der Waals surface area contributed by atoms with Crippen LogP contribution in [0.1, 0.15) is 20.3 Å². The van der Waals surface area contributed by atoms with Gasteiger partial charge < -0.3 is 15.5 Å². The number of rotatable bonds is 8. The van der Waals surface area contributed by atoms with Crippen molar-refractivity contribution >= 4 is 23.2 Å². The number of aromatic nitrogens is 1. The van der Waals surface area contributed by atoms with Gasteiger partial charge in [0.2, 0.25) is 11.7 Å². The standard InChI is InChI=1S/C13H21N5O3/c1-4-17(5-2)12(19)8-9-15-13-10(18(20)21)6-7-11(14-3)16-13/h6-7H,4-5,8-9H2,1-3H3,(H2,14,15,16). The fourth-order valence-corrected chi connectivity index (χ4v) is 1.89. The van der Waals surface area contributed by atoms with Gasteiger partial charge >= 0.3 is 5.69 Å². The van der Waals surface area contributed by atoms with Crippen LogP contribution in [0, 0.1) is 10.1 Å². The summed E-state index contributed by atoms with van der Waals surface area (Å²) >= 11 is 0. The Morgan fingerprint density at radius 2 is 2.05 bits per heavy atom. The highest BCUT2D eigenvalue weighted by atomic mass is 16.6. The first kappa shape index (κ1) is 16.7. The number of pyridine rings is 1. The molecule has 1 amide bonds. The predicted molar refractivity (Wildman–Crippen MR) is 81.5 cm³/mol. The van der Waals surface area contributed by atoms with E-state index in [1.165, 1.54) is 12.1 Å². The molecule has 0 saturated carbocycles. The molecule has 0 spiro atoms. The minimum atomic E-state index is -0.499. The van der Waals surface area contributed by atoms with Crippen molar-refractivity contribution in [2.24, 2.45) is 0 Å². The summed E-state index contributed by atoms with van der Waals surface area (Å²) in [6, 6.07) is 2.91. The van der Waals surface area contributed by atoms with Crippen LogP contribution in [0.15, 0.2) is 12.1 Å². The number of carbonyl (C=O) groups is 1. The largest absolute Gasteiger partial charge is 0.373 e. The second-order valence-corrected chi connectivity index (χ2v) is 4.31. The maximum absolute atomic E-state index is 11.9. The van der Waals surface area contributed by atoms with E-state index in [2.05, 4.69) is 15.6 Å². The van der Waals surface area contributed by atoms with Gasteiger partial charge in [0, 0.05) is 39.2 Å². The van der Waals surface area contributed by atoms with E-state index < -0.39 is 4.92 Å². The Hall–Kier alpha value is -2.38. The van der Waals surface area contributed by atoms with Crippen molar-refractivity contribution in [1.29, 1.82) is 0 Å². The van der Waals surface area contributed by atoms with Crippen LogP contribution >= 0.6 is 0 Å². The van der Waals surface area contributed by atoms with E-state index in [-0.39, 0.29) is 23.8 Å². The van der Waals surface area contributed by atoms with Crippen molar-refractivity contribution in [1.82, 2.24) is 9.88 Å². The topological polar surface area (TPSA) is 100 Å². The van der Waals surface area contributed by atoms with Crippen molar-refractivity contribution in [2.75, 3.05) is 37.3 Å². The zero-order valence-corrected chi connectivity index (χ0v) is 12.5. The molecule has 0 saturated heterocycles. The molecule has 1 aromatic heterocycles. The van der Waals surface area contributed by atoms with Crippen LogP contribution in [0.25, 0.3) is 0 Å². The Morgan fingerprint density at radius 1 is 1.38 bits per heavy atom. The highest BCUT2D eigenvalue weighted by Crippen LogP contribution is 2.23. The van der Waals surface area contributed by atoms with E-state index in [0.29, 0.717) is 25.5 Å². The van der Waals surface area contributed by atoms with Crippen LogP contribution < -0.4 is 10.6 Å². The summed E-state index contributed by atoms with van der Waals surface area (Å²) in [5, 5.41) is 16.6. The van der Waals surface area contributed by atoms with E-state index in [0.717, 1.165) is 0 Å². The number of nitrogens with zero attached hydrogens (tertiary/aromatic N) is 3. The van der Waals surface area contributed by atoms with Crippen LogP contribution in [0.4, 0.5) is 17.3 Å². The maximum atomic E-state index is 11.9. The predicted octanol–water partition coefficient (Wildman–Crippen LogP) is 1.70. The molecule has 1 rings (SSSR count). The van der Waals surface area contributed by atoms with Crippen molar-refractivity contribution < 1.29 is 9.72 Å². The van der Waals surface area contributed by atoms with Gasteiger partial charge in [-0.25, -0.2) is 4.98 Å². The minimum Gasteiger partial charge on any atom is -0.373 e. The average Bonchev–Trinajstić information content (AvgIpc) is 2.48. The smallest absolute Gasteiger partial charge is 0.311 e. The molecule has 0 aliphatic carbocycles. The van der Waals surface area contributed by atoms with E-state index in [1.54, 1.807) is 11.9 Å². The monoisotopic (exact) mass is 295 g/mol. The van der Waals surface area contributed by atoms with Gasteiger partial charge in [-0.15, -0.1) is 0 Å². The third-order valence-corrected chi connectivity index (χ3v) is 3.07. The van der Waals surface area contributed by atoms with Crippen LogP contribution in [0.5, 0.6) is 0 Å². The first-order valence-corrected chi connectivity index (χ1v) is 6.88. The number of amides is 1. The van der Waals surface area contributed by atoms with Gasteiger partial charge in [-0.1, -0.05) is 0 Å². The second-order valence-electron chi connectivity index (χ2n) is 4.31. The quantitative estimate of drug-likeness (QED) is 0.559. The third-order valence-electron chi connectivity index (χ3n) is 3.07. The highest BCUT2D eigenvalue weighted by molar-refractivity contribution is 5.76. The normalized spacial score (nSPS) is 10.0. The molecular weight excluding hydrogens is 274 g/mol. The molecule has 116 valence electrons. The van der Waals surface area contributed by atoms with Gasteiger partial charge in [-0.2, -0.15) is 0 Å². The lowest BCUT2D eigenvalue weighted by molar-refractivity contribution is -0.384. The Bertz CT molecular complexity index is 503. The lowest BCUT2D eigenvalue weighted by Gasteiger charge is -2.18. The van der Waals surface area contributed by atoms with E-state index in [9.17, 15) is 14.9 Å². The molecule has 8 nitrogen and oxygen atoms in total. The molecule has 0 fully saturated rings. The summed E-state index contributed by atoms with van der Waals surface area (Å²) in [5.41, 5.74) is -0.107. The Morgan fingerprint density at radius 3 is 2.57 bits per heavy atom. The number of hydrogen-bond donors (Lipinski definition) is 2. The van der Waals surface area contributed by atoms with Gasteiger partial charge in [0.05, 0.1) is 4.92 Å². The lowest BCUT2D eigenvalue weighted by Crippen LogP contribution is -2.31. The fraction of sp³-hybridized carbons (Fsp3) is 0.538. The van der Waals surface area contributed by atoms with Gasteiger partial charge in [0.15, 0.2) is 0 Å². The molecule has 0 aromatic carbocycles. The molecule has 0 atom stereocenters. The number of nitrogens with one attached hydrogen (secondary N) is 2. The summed E-state index contributed by atoms with van der Waals surface area (Å²) in [6.07, 6.45) is 0.268. The lowest BCUT2D eigenvalue weighted by atomic mass is 10.3. The van der Waals surface area contributed by atoms with Crippen LogP contribution in [-0.4, -0.2) is 47.4 Å². The Balaban J connectivity index is 2.70. The fourth-order valence-electron chi connectivity index (χ4n) is 1.89. The van der Waals surface area contributed by atoms with Gasteiger partial charge in [0.1, 0.15) is 5.82 Å². The second kappa shape index (κ2) is 8.03. The zero-order valence-electron chi connectivity index (χ0n) is 12.5. The SMILES string of the molecule is CCN(CC)C(=O)CCNc1nc(NC)ccc1[N+](=O)[O-]. The molecular formula is C13H21N5O3. The molecule has 0 unspecified atom stereocenters. The van der Waals surface area contributed by atoms with E-state index in [4.69, 9.17) is 0 Å².